The van der Waals surface area contributed by atoms with Gasteiger partial charge >= 0.3 is 0 Å². The molecule has 2 aliphatic carbocycles. The molecule has 2 fully saturated rings. The van der Waals surface area contributed by atoms with E-state index in [2.05, 4.69) is 6.07 Å². The maximum absolute atomic E-state index is 12.7. The molecular formula is C19H24O2. The molecule has 0 radical (unpaired) electrons. The van der Waals surface area contributed by atoms with Crippen molar-refractivity contribution in [2.75, 3.05) is 0 Å². The van der Waals surface area contributed by atoms with Crippen molar-refractivity contribution in [1.82, 2.24) is 0 Å². The fourth-order valence-corrected chi connectivity index (χ4v) is 4.18. The van der Waals surface area contributed by atoms with Gasteiger partial charge in [0.15, 0.2) is 5.78 Å². The summed E-state index contributed by atoms with van der Waals surface area (Å²) in [5, 5.41) is 0. The Hall–Kier alpha value is -1.44. The van der Waals surface area contributed by atoms with Gasteiger partial charge in [0.25, 0.3) is 0 Å². The third-order valence-corrected chi connectivity index (χ3v) is 5.29. The molecule has 0 heterocycles. The van der Waals surface area contributed by atoms with Crippen molar-refractivity contribution < 1.29 is 9.59 Å². The molecule has 0 bridgehead atoms. The molecular weight excluding hydrogens is 260 g/mol. The van der Waals surface area contributed by atoms with E-state index in [-0.39, 0.29) is 17.5 Å². The maximum atomic E-state index is 12.7. The molecule has 0 N–H and O–H groups in total. The molecule has 3 rings (SSSR count). The van der Waals surface area contributed by atoms with Crippen LogP contribution in [-0.2, 0) is 9.59 Å². The summed E-state index contributed by atoms with van der Waals surface area (Å²) in [7, 11) is 0. The number of ketones is 2. The van der Waals surface area contributed by atoms with Crippen molar-refractivity contribution in [3.05, 3.63) is 34.9 Å². The Morgan fingerprint density at radius 2 is 1.81 bits per heavy atom. The molecule has 0 amide bonds. The lowest BCUT2D eigenvalue weighted by molar-refractivity contribution is -0.125. The van der Waals surface area contributed by atoms with Crippen molar-refractivity contribution >= 4 is 11.6 Å². The van der Waals surface area contributed by atoms with E-state index < -0.39 is 5.92 Å². The number of aryl methyl sites for hydroxylation is 2. The quantitative estimate of drug-likeness (QED) is 0.782. The molecule has 2 saturated carbocycles. The highest BCUT2D eigenvalue weighted by Gasteiger charge is 2.43. The number of benzene rings is 1. The fourth-order valence-electron chi connectivity index (χ4n) is 4.18. The molecule has 2 unspecified atom stereocenters. The normalized spacial score (nSPS) is 26.8. The molecule has 0 spiro atoms. The Balaban J connectivity index is 1.79. The van der Waals surface area contributed by atoms with E-state index >= 15 is 0 Å². The first-order valence-electron chi connectivity index (χ1n) is 8.20. The minimum absolute atomic E-state index is 0.0219. The number of hydrogen-bond donors (Lipinski definition) is 0. The molecule has 2 heteroatoms. The van der Waals surface area contributed by atoms with Gasteiger partial charge in [-0.2, -0.15) is 0 Å². The topological polar surface area (TPSA) is 34.1 Å². The van der Waals surface area contributed by atoms with Crippen molar-refractivity contribution in [2.45, 2.75) is 58.3 Å². The van der Waals surface area contributed by atoms with Gasteiger partial charge in [-0.25, -0.2) is 0 Å². The average Bonchev–Trinajstić information content (AvgIpc) is 3.02. The maximum Gasteiger partial charge on any atom is 0.151 e. The van der Waals surface area contributed by atoms with E-state index in [9.17, 15) is 9.59 Å². The van der Waals surface area contributed by atoms with E-state index in [1.54, 1.807) is 0 Å². The monoisotopic (exact) mass is 284 g/mol. The second-order valence-electron chi connectivity index (χ2n) is 6.95. The standard InChI is InChI=1S/C19H24O2/c1-12-7-8-16(13(2)9-12)18-17(20)11-15(19(18)21)10-14-5-3-4-6-14/h7-9,14-15,18H,3-6,10-11H2,1-2H3. The lowest BCUT2D eigenvalue weighted by Crippen LogP contribution is -2.17. The average molecular weight is 284 g/mol. The smallest absolute Gasteiger partial charge is 0.151 e. The van der Waals surface area contributed by atoms with Gasteiger partial charge in [0.2, 0.25) is 0 Å². The van der Waals surface area contributed by atoms with Gasteiger partial charge in [0, 0.05) is 12.3 Å². The zero-order chi connectivity index (χ0) is 15.0. The number of rotatable bonds is 3. The van der Waals surface area contributed by atoms with E-state index in [0.717, 1.165) is 17.5 Å². The third-order valence-electron chi connectivity index (χ3n) is 5.29. The largest absolute Gasteiger partial charge is 0.298 e. The highest BCUT2D eigenvalue weighted by Crippen LogP contribution is 2.40. The number of carbonyl (C=O) groups is 2. The first-order valence-corrected chi connectivity index (χ1v) is 8.20. The minimum Gasteiger partial charge on any atom is -0.298 e. The Morgan fingerprint density at radius 1 is 1.10 bits per heavy atom. The predicted octanol–water partition coefficient (Wildman–Crippen LogP) is 4.13. The SMILES string of the molecule is Cc1ccc(C2C(=O)CC(CC3CCCC3)C2=O)c(C)c1. The highest BCUT2D eigenvalue weighted by molar-refractivity contribution is 6.14. The summed E-state index contributed by atoms with van der Waals surface area (Å²) in [6, 6.07) is 6.05. The fraction of sp³-hybridized carbons (Fsp3) is 0.579. The summed E-state index contributed by atoms with van der Waals surface area (Å²) < 4.78 is 0. The van der Waals surface area contributed by atoms with E-state index in [4.69, 9.17) is 0 Å². The summed E-state index contributed by atoms with van der Waals surface area (Å²) in [5.41, 5.74) is 3.18. The van der Waals surface area contributed by atoms with E-state index in [1.165, 1.54) is 31.2 Å². The van der Waals surface area contributed by atoms with Crippen LogP contribution in [-0.4, -0.2) is 11.6 Å². The molecule has 0 aliphatic heterocycles. The van der Waals surface area contributed by atoms with Gasteiger partial charge in [-0.15, -0.1) is 0 Å². The minimum atomic E-state index is -0.489. The molecule has 2 atom stereocenters. The van der Waals surface area contributed by atoms with E-state index in [0.29, 0.717) is 12.3 Å². The van der Waals surface area contributed by atoms with Crippen molar-refractivity contribution in [1.29, 1.82) is 0 Å². The molecule has 2 nitrogen and oxygen atoms in total. The van der Waals surface area contributed by atoms with Gasteiger partial charge in [0.05, 0.1) is 0 Å². The van der Waals surface area contributed by atoms with Crippen LogP contribution in [0.4, 0.5) is 0 Å². The van der Waals surface area contributed by atoms with Gasteiger partial charge in [-0.1, -0.05) is 49.4 Å². The van der Waals surface area contributed by atoms with Crippen LogP contribution in [0.2, 0.25) is 0 Å². The van der Waals surface area contributed by atoms with Crippen LogP contribution in [0.15, 0.2) is 18.2 Å². The van der Waals surface area contributed by atoms with E-state index in [1.807, 2.05) is 26.0 Å². The molecule has 1 aromatic rings. The molecule has 1 aromatic carbocycles. The van der Waals surface area contributed by atoms with Crippen LogP contribution in [0.25, 0.3) is 0 Å². The summed E-state index contributed by atoms with van der Waals surface area (Å²) >= 11 is 0. The third kappa shape index (κ3) is 2.81. The summed E-state index contributed by atoms with van der Waals surface area (Å²) in [5.74, 6) is 0.474. The van der Waals surface area contributed by atoms with Crippen LogP contribution in [0.5, 0.6) is 0 Å². The van der Waals surface area contributed by atoms with Crippen LogP contribution in [0.3, 0.4) is 0 Å². The Morgan fingerprint density at radius 3 is 2.48 bits per heavy atom. The van der Waals surface area contributed by atoms with Crippen molar-refractivity contribution in [3.8, 4) is 0 Å². The van der Waals surface area contributed by atoms with Crippen molar-refractivity contribution in [3.63, 3.8) is 0 Å². The molecule has 112 valence electrons. The molecule has 0 saturated heterocycles. The summed E-state index contributed by atoms with van der Waals surface area (Å²) in [6.45, 7) is 4.05. The first-order chi connectivity index (χ1) is 10.1. The number of Topliss-reactive ketones (excluding diaryl/α,β-unsaturated/α-hetero) is 2. The predicted molar refractivity (Wildman–Crippen MR) is 83.4 cm³/mol. The first kappa shape index (κ1) is 14.5. The van der Waals surface area contributed by atoms with Crippen LogP contribution < -0.4 is 0 Å². The number of hydrogen-bond acceptors (Lipinski definition) is 2. The lowest BCUT2D eigenvalue weighted by atomic mass is 9.87. The van der Waals surface area contributed by atoms with Crippen LogP contribution >= 0.6 is 0 Å². The summed E-state index contributed by atoms with van der Waals surface area (Å²) in [4.78, 5) is 25.1. The zero-order valence-electron chi connectivity index (χ0n) is 13.0. The lowest BCUT2D eigenvalue weighted by Gasteiger charge is -2.15. The van der Waals surface area contributed by atoms with Gasteiger partial charge in [0.1, 0.15) is 11.7 Å². The second kappa shape index (κ2) is 5.75. The Bertz CT molecular complexity index is 567. The molecule has 21 heavy (non-hydrogen) atoms. The van der Waals surface area contributed by atoms with Gasteiger partial charge in [-0.05, 0) is 37.3 Å². The van der Waals surface area contributed by atoms with Crippen LogP contribution in [0.1, 0.15) is 61.1 Å². The van der Waals surface area contributed by atoms with Crippen LogP contribution in [0, 0.1) is 25.7 Å². The molecule has 0 aromatic heterocycles. The Kier molecular flexibility index (Phi) is 3.97. The molecule has 2 aliphatic rings. The summed E-state index contributed by atoms with van der Waals surface area (Å²) in [6.07, 6.45) is 6.47. The van der Waals surface area contributed by atoms with Gasteiger partial charge in [-0.3, -0.25) is 9.59 Å². The highest BCUT2D eigenvalue weighted by atomic mass is 16.2. The van der Waals surface area contributed by atoms with Crippen molar-refractivity contribution in [2.24, 2.45) is 11.8 Å². The second-order valence-corrected chi connectivity index (χ2v) is 6.95. The Labute approximate surface area is 126 Å². The number of carbonyl (C=O) groups excluding carboxylic acids is 2. The van der Waals surface area contributed by atoms with Gasteiger partial charge < -0.3 is 0 Å². The zero-order valence-corrected chi connectivity index (χ0v) is 13.0.